The Hall–Kier alpha value is -1.59. The van der Waals surface area contributed by atoms with Crippen LogP contribution in [-0.4, -0.2) is 42.0 Å². The van der Waals surface area contributed by atoms with Gasteiger partial charge in [0.2, 0.25) is 0 Å². The van der Waals surface area contributed by atoms with Crippen molar-refractivity contribution in [1.82, 2.24) is 9.97 Å². The van der Waals surface area contributed by atoms with Gasteiger partial charge in [-0.3, -0.25) is 0 Å². The van der Waals surface area contributed by atoms with E-state index < -0.39 is 0 Å². The Labute approximate surface area is 165 Å². The molecule has 2 fully saturated rings. The maximum Gasteiger partial charge on any atom is 0.136 e. The minimum absolute atomic E-state index is 0.520. The van der Waals surface area contributed by atoms with Crippen LogP contribution in [0, 0.1) is 0 Å². The predicted molar refractivity (Wildman–Crippen MR) is 111 cm³/mol. The van der Waals surface area contributed by atoms with Gasteiger partial charge in [-0.1, -0.05) is 37.5 Å². The molecule has 2 aliphatic heterocycles. The van der Waals surface area contributed by atoms with E-state index in [9.17, 15) is 0 Å². The van der Waals surface area contributed by atoms with Gasteiger partial charge in [-0.15, -0.1) is 11.8 Å². The van der Waals surface area contributed by atoms with Gasteiger partial charge in [0.25, 0.3) is 0 Å². The number of ether oxygens (including phenoxy) is 1. The van der Waals surface area contributed by atoms with E-state index >= 15 is 0 Å². The monoisotopic (exact) mass is 381 g/mol. The minimum atomic E-state index is 0.520. The van der Waals surface area contributed by atoms with E-state index in [-0.39, 0.29) is 0 Å². The Bertz CT molecular complexity index is 813. The second-order valence-electron chi connectivity index (χ2n) is 7.76. The first-order valence-corrected chi connectivity index (χ1v) is 11.3. The summed E-state index contributed by atoms with van der Waals surface area (Å²) >= 11 is 1.95. The largest absolute Gasteiger partial charge is 0.378 e. The molecular weight excluding hydrogens is 354 g/mol. The number of hydrogen-bond donors (Lipinski definition) is 0. The first-order valence-electron chi connectivity index (χ1n) is 10.4. The fourth-order valence-electron chi connectivity index (χ4n) is 4.57. The van der Waals surface area contributed by atoms with Crippen molar-refractivity contribution in [3.8, 4) is 11.3 Å². The fourth-order valence-corrected chi connectivity index (χ4v) is 5.59. The summed E-state index contributed by atoms with van der Waals surface area (Å²) in [7, 11) is 0. The highest BCUT2D eigenvalue weighted by molar-refractivity contribution is 7.99. The van der Waals surface area contributed by atoms with Crippen LogP contribution >= 0.6 is 11.8 Å². The van der Waals surface area contributed by atoms with Gasteiger partial charge in [0.15, 0.2) is 0 Å². The summed E-state index contributed by atoms with van der Waals surface area (Å²) in [6.07, 6.45) is 7.48. The molecule has 1 saturated heterocycles. The van der Waals surface area contributed by atoms with E-state index in [4.69, 9.17) is 14.7 Å². The van der Waals surface area contributed by atoms with Crippen LogP contribution in [0.15, 0.2) is 29.2 Å². The van der Waals surface area contributed by atoms with Crippen LogP contribution in [0.5, 0.6) is 0 Å². The Morgan fingerprint density at radius 1 is 1.00 bits per heavy atom. The second kappa shape index (κ2) is 7.80. The Morgan fingerprint density at radius 2 is 1.81 bits per heavy atom. The van der Waals surface area contributed by atoms with Crippen LogP contribution in [0.1, 0.15) is 49.4 Å². The lowest BCUT2D eigenvalue weighted by atomic mass is 9.88. The molecular formula is C22H27N3OS. The van der Waals surface area contributed by atoms with Crippen molar-refractivity contribution in [2.45, 2.75) is 49.3 Å². The van der Waals surface area contributed by atoms with E-state index in [2.05, 4.69) is 29.2 Å². The molecule has 27 heavy (non-hydrogen) atoms. The van der Waals surface area contributed by atoms with Gasteiger partial charge in [-0.25, -0.2) is 9.97 Å². The molecule has 1 saturated carbocycles. The van der Waals surface area contributed by atoms with E-state index in [0.29, 0.717) is 5.92 Å². The lowest BCUT2D eigenvalue weighted by Gasteiger charge is -2.31. The summed E-state index contributed by atoms with van der Waals surface area (Å²) in [4.78, 5) is 14.2. The van der Waals surface area contributed by atoms with E-state index in [0.717, 1.165) is 44.3 Å². The quantitative estimate of drug-likeness (QED) is 0.755. The highest BCUT2D eigenvalue weighted by atomic mass is 32.2. The SMILES string of the molecule is c1ccc2c(c1)SCCc1c-2nc(C2CCCCC2)nc1N1CCOCC1. The molecule has 0 atom stereocenters. The summed E-state index contributed by atoms with van der Waals surface area (Å²) in [6.45, 7) is 3.45. The molecule has 1 aliphatic carbocycles. The zero-order valence-electron chi connectivity index (χ0n) is 15.8. The topological polar surface area (TPSA) is 38.2 Å². The van der Waals surface area contributed by atoms with Gasteiger partial charge in [0.1, 0.15) is 11.6 Å². The third-order valence-corrected chi connectivity index (χ3v) is 7.11. The molecule has 1 aromatic heterocycles. The molecule has 0 radical (unpaired) electrons. The summed E-state index contributed by atoms with van der Waals surface area (Å²) < 4.78 is 5.60. The van der Waals surface area contributed by atoms with Crippen molar-refractivity contribution < 1.29 is 4.74 Å². The first kappa shape index (κ1) is 17.5. The number of rotatable bonds is 2. The fraction of sp³-hybridized carbons (Fsp3) is 0.545. The Morgan fingerprint density at radius 3 is 2.67 bits per heavy atom. The second-order valence-corrected chi connectivity index (χ2v) is 8.90. The van der Waals surface area contributed by atoms with Crippen LogP contribution in [-0.2, 0) is 11.2 Å². The number of benzene rings is 1. The van der Waals surface area contributed by atoms with Gasteiger partial charge in [0, 0.05) is 40.8 Å². The molecule has 1 aromatic carbocycles. The number of thioether (sulfide) groups is 1. The number of morpholine rings is 1. The molecule has 142 valence electrons. The van der Waals surface area contributed by atoms with Gasteiger partial charge in [-0.2, -0.15) is 0 Å². The van der Waals surface area contributed by atoms with Gasteiger partial charge >= 0.3 is 0 Å². The van der Waals surface area contributed by atoms with Crippen LogP contribution < -0.4 is 4.90 Å². The summed E-state index contributed by atoms with van der Waals surface area (Å²) in [5.74, 6) is 3.87. The normalized spacial score (nSPS) is 20.7. The van der Waals surface area contributed by atoms with Crippen molar-refractivity contribution in [2.24, 2.45) is 0 Å². The van der Waals surface area contributed by atoms with Gasteiger partial charge < -0.3 is 9.64 Å². The number of aromatic nitrogens is 2. The molecule has 0 bridgehead atoms. The molecule has 0 spiro atoms. The standard InChI is InChI=1S/C22H27N3OS/c1-2-6-16(7-3-1)21-23-20-17-8-4-5-9-19(17)27-15-10-18(20)22(24-21)25-11-13-26-14-12-25/h4-5,8-9,16H,1-3,6-7,10-15H2. The van der Waals surface area contributed by atoms with Crippen LogP contribution in [0.4, 0.5) is 5.82 Å². The van der Waals surface area contributed by atoms with Crippen LogP contribution in [0.2, 0.25) is 0 Å². The van der Waals surface area contributed by atoms with Crippen molar-refractivity contribution >= 4 is 17.6 Å². The third-order valence-electron chi connectivity index (χ3n) is 6.04. The lowest BCUT2D eigenvalue weighted by Crippen LogP contribution is -2.38. The average molecular weight is 382 g/mol. The number of hydrogen-bond acceptors (Lipinski definition) is 5. The first-order chi connectivity index (χ1) is 13.4. The zero-order valence-corrected chi connectivity index (χ0v) is 16.6. The average Bonchev–Trinajstić information content (AvgIpc) is 2.94. The van der Waals surface area contributed by atoms with Gasteiger partial charge in [-0.05, 0) is 25.3 Å². The van der Waals surface area contributed by atoms with Crippen LogP contribution in [0.3, 0.4) is 0 Å². The molecule has 5 rings (SSSR count). The van der Waals surface area contributed by atoms with Crippen LogP contribution in [0.25, 0.3) is 11.3 Å². The third kappa shape index (κ3) is 3.47. The molecule has 0 N–H and O–H groups in total. The lowest BCUT2D eigenvalue weighted by molar-refractivity contribution is 0.122. The van der Waals surface area contributed by atoms with E-state index in [1.54, 1.807) is 0 Å². The highest BCUT2D eigenvalue weighted by Crippen LogP contribution is 2.41. The molecule has 3 aliphatic rings. The Kier molecular flexibility index (Phi) is 5.06. The zero-order chi connectivity index (χ0) is 18.1. The summed E-state index contributed by atoms with van der Waals surface area (Å²) in [5, 5.41) is 0. The minimum Gasteiger partial charge on any atom is -0.378 e. The van der Waals surface area contributed by atoms with Crippen molar-refractivity contribution in [3.63, 3.8) is 0 Å². The van der Waals surface area contributed by atoms with Crippen molar-refractivity contribution in [3.05, 3.63) is 35.7 Å². The molecule has 0 unspecified atom stereocenters. The number of fused-ring (bicyclic) bond motifs is 3. The number of anilines is 1. The molecule has 2 aromatic rings. The molecule has 4 nitrogen and oxygen atoms in total. The van der Waals surface area contributed by atoms with Crippen molar-refractivity contribution in [1.29, 1.82) is 0 Å². The number of nitrogens with zero attached hydrogens (tertiary/aromatic N) is 3. The smallest absolute Gasteiger partial charge is 0.136 e. The van der Waals surface area contributed by atoms with Crippen molar-refractivity contribution in [2.75, 3.05) is 37.0 Å². The van der Waals surface area contributed by atoms with Gasteiger partial charge in [0.05, 0.1) is 18.9 Å². The molecule has 3 heterocycles. The highest BCUT2D eigenvalue weighted by Gasteiger charge is 2.27. The van der Waals surface area contributed by atoms with E-state index in [1.165, 1.54) is 59.6 Å². The Balaban J connectivity index is 1.66. The molecule has 0 amide bonds. The van der Waals surface area contributed by atoms with E-state index in [1.807, 2.05) is 11.8 Å². The maximum atomic E-state index is 5.60. The maximum absolute atomic E-state index is 5.60. The summed E-state index contributed by atoms with van der Waals surface area (Å²) in [6, 6.07) is 8.77. The molecule has 5 heteroatoms. The summed E-state index contributed by atoms with van der Waals surface area (Å²) in [5.41, 5.74) is 3.82. The predicted octanol–water partition coefficient (Wildman–Crippen LogP) is 4.68.